The highest BCUT2D eigenvalue weighted by Gasteiger charge is 2.37. The monoisotopic (exact) mass is 492 g/mol. The molecule has 2 aliphatic rings. The molecule has 2 amide bonds. The van der Waals surface area contributed by atoms with Crippen LogP contribution in [0.4, 0.5) is 0 Å². The Bertz CT molecular complexity index is 1600. The van der Waals surface area contributed by atoms with E-state index in [1.807, 2.05) is 63.7 Å². The van der Waals surface area contributed by atoms with Crippen LogP contribution in [-0.2, 0) is 18.4 Å². The zero-order chi connectivity index (χ0) is 25.5. The van der Waals surface area contributed by atoms with Crippen molar-refractivity contribution in [2.45, 2.75) is 18.9 Å². The number of benzene rings is 2. The normalized spacial score (nSPS) is 18.9. The minimum Gasteiger partial charge on any atom is -0.350 e. The van der Waals surface area contributed by atoms with Crippen LogP contribution in [0.25, 0.3) is 17.0 Å². The van der Waals surface area contributed by atoms with E-state index in [0.29, 0.717) is 25.2 Å². The molecule has 7 nitrogen and oxygen atoms in total. The first-order chi connectivity index (χ1) is 18.0. The van der Waals surface area contributed by atoms with Crippen LogP contribution in [0.2, 0.25) is 0 Å². The quantitative estimate of drug-likeness (QED) is 0.441. The lowest BCUT2D eigenvalue weighted by molar-refractivity contribution is -0.130. The van der Waals surface area contributed by atoms with E-state index in [1.54, 1.807) is 42.5 Å². The highest BCUT2D eigenvalue weighted by Crippen LogP contribution is 2.35. The molecule has 2 bridgehead atoms. The Morgan fingerprint density at radius 2 is 1.70 bits per heavy atom. The molecule has 2 atom stereocenters. The van der Waals surface area contributed by atoms with E-state index in [0.717, 1.165) is 28.6 Å². The first-order valence-corrected chi connectivity index (χ1v) is 12.6. The molecular weight excluding hydrogens is 464 g/mol. The first kappa shape index (κ1) is 23.0. The Labute approximate surface area is 214 Å². The second-order valence-corrected chi connectivity index (χ2v) is 10.00. The molecule has 0 unspecified atom stereocenters. The number of para-hydroxylation sites is 1. The lowest BCUT2D eigenvalue weighted by Crippen LogP contribution is -2.50. The van der Waals surface area contributed by atoms with E-state index in [-0.39, 0.29) is 34.9 Å². The molecule has 2 aromatic heterocycles. The smallest absolute Gasteiger partial charge is 0.270 e. The Morgan fingerprint density at radius 3 is 2.54 bits per heavy atom. The number of likely N-dealkylation sites (tertiary alicyclic amines) is 1. The maximum absolute atomic E-state index is 14.0. The molecule has 0 aliphatic carbocycles. The summed E-state index contributed by atoms with van der Waals surface area (Å²) < 4.78 is 3.87. The molecule has 37 heavy (non-hydrogen) atoms. The lowest BCUT2D eigenvalue weighted by atomic mass is 9.83. The first-order valence-electron chi connectivity index (χ1n) is 12.6. The molecule has 0 spiro atoms. The van der Waals surface area contributed by atoms with E-state index < -0.39 is 0 Å². The van der Waals surface area contributed by atoms with Gasteiger partial charge in [0.2, 0.25) is 0 Å². The number of piperidine rings is 1. The van der Waals surface area contributed by atoms with Gasteiger partial charge in [0.15, 0.2) is 0 Å². The molecule has 0 saturated carbocycles. The zero-order valence-corrected chi connectivity index (χ0v) is 20.6. The zero-order valence-electron chi connectivity index (χ0n) is 20.6. The maximum atomic E-state index is 14.0. The van der Waals surface area contributed by atoms with Crippen LogP contribution in [0, 0.1) is 5.92 Å². The molecule has 1 saturated heterocycles. The van der Waals surface area contributed by atoms with E-state index in [1.165, 1.54) is 0 Å². The Kier molecular flexibility index (Phi) is 5.75. The highest BCUT2D eigenvalue weighted by molar-refractivity contribution is 6.06. The van der Waals surface area contributed by atoms with Gasteiger partial charge >= 0.3 is 0 Å². The van der Waals surface area contributed by atoms with Gasteiger partial charge in [-0.05, 0) is 42.7 Å². The fourth-order valence-corrected chi connectivity index (χ4v) is 5.81. The van der Waals surface area contributed by atoms with Crippen molar-refractivity contribution in [1.82, 2.24) is 19.4 Å². The standard InChI is InChI=1S/C30H28N4O3/c1-32-18-22(24-10-5-6-11-27(24)32)15-25(31-29(36)21-8-3-2-4-9-21)30(37)33-16-20-14-23(19-33)26-12-7-13-28(35)34(26)17-20/h2-13,15,18,20,23H,14,16-17,19H2,1H3,(H,31,36)/t20-,23-/m1/s1. The van der Waals surface area contributed by atoms with Gasteiger partial charge in [0.1, 0.15) is 5.70 Å². The van der Waals surface area contributed by atoms with Crippen LogP contribution in [0.15, 0.2) is 89.5 Å². The number of carbonyl (C=O) groups is 2. The Balaban J connectivity index is 1.36. The lowest BCUT2D eigenvalue weighted by Gasteiger charge is -2.43. The van der Waals surface area contributed by atoms with Crippen molar-refractivity contribution in [3.63, 3.8) is 0 Å². The van der Waals surface area contributed by atoms with Gasteiger partial charge in [-0.2, -0.15) is 0 Å². The third-order valence-electron chi connectivity index (χ3n) is 7.51. The second kappa shape index (κ2) is 9.24. The molecule has 0 radical (unpaired) electrons. The molecule has 1 fully saturated rings. The molecule has 4 aromatic rings. The number of amides is 2. The van der Waals surface area contributed by atoms with E-state index in [4.69, 9.17) is 0 Å². The summed E-state index contributed by atoms with van der Waals surface area (Å²) in [6, 6.07) is 22.3. The van der Waals surface area contributed by atoms with Crippen LogP contribution in [-0.4, -0.2) is 38.9 Å². The SMILES string of the molecule is Cn1cc(C=C(NC(=O)c2ccccc2)C(=O)N2C[C@H]3C[C@H](C2)c2cccc(=O)n2C3)c2ccccc21. The van der Waals surface area contributed by atoms with Gasteiger partial charge in [-0.1, -0.05) is 42.5 Å². The predicted molar refractivity (Wildman–Crippen MR) is 143 cm³/mol. The number of nitrogens with one attached hydrogen (secondary N) is 1. The predicted octanol–water partition coefficient (Wildman–Crippen LogP) is 3.76. The molecular formula is C30H28N4O3. The van der Waals surface area contributed by atoms with Gasteiger partial charge in [0, 0.05) is 72.6 Å². The van der Waals surface area contributed by atoms with Crippen molar-refractivity contribution in [2.75, 3.05) is 13.1 Å². The summed E-state index contributed by atoms with van der Waals surface area (Å²) in [5.74, 6) is -0.249. The topological polar surface area (TPSA) is 76.3 Å². The van der Waals surface area contributed by atoms with Crippen molar-refractivity contribution >= 4 is 28.8 Å². The molecule has 6 rings (SSSR count). The number of hydrogen-bond donors (Lipinski definition) is 1. The number of rotatable bonds is 4. The Morgan fingerprint density at radius 1 is 0.919 bits per heavy atom. The van der Waals surface area contributed by atoms with Crippen molar-refractivity contribution < 1.29 is 9.59 Å². The van der Waals surface area contributed by atoms with Gasteiger partial charge in [-0.15, -0.1) is 0 Å². The summed E-state index contributed by atoms with van der Waals surface area (Å²) in [5, 5.41) is 3.92. The van der Waals surface area contributed by atoms with E-state index in [2.05, 4.69) is 5.32 Å². The largest absolute Gasteiger partial charge is 0.350 e. The summed E-state index contributed by atoms with van der Waals surface area (Å²) in [5.41, 5.74) is 3.64. The van der Waals surface area contributed by atoms with Gasteiger partial charge in [-0.3, -0.25) is 14.4 Å². The van der Waals surface area contributed by atoms with Crippen LogP contribution in [0.3, 0.4) is 0 Å². The maximum Gasteiger partial charge on any atom is 0.270 e. The van der Waals surface area contributed by atoms with Crippen LogP contribution < -0.4 is 10.9 Å². The summed E-state index contributed by atoms with van der Waals surface area (Å²) in [4.78, 5) is 41.4. The Hall–Kier alpha value is -4.39. The summed E-state index contributed by atoms with van der Waals surface area (Å²) >= 11 is 0. The van der Waals surface area contributed by atoms with Gasteiger partial charge in [-0.25, -0.2) is 0 Å². The minimum absolute atomic E-state index is 0.0126. The van der Waals surface area contributed by atoms with Crippen LogP contribution >= 0.6 is 0 Å². The highest BCUT2D eigenvalue weighted by atomic mass is 16.2. The van der Waals surface area contributed by atoms with Crippen molar-refractivity contribution in [1.29, 1.82) is 0 Å². The third-order valence-corrected chi connectivity index (χ3v) is 7.51. The summed E-state index contributed by atoms with van der Waals surface area (Å²) in [6.07, 6.45) is 4.71. The number of fused-ring (bicyclic) bond motifs is 5. The molecule has 1 N–H and O–H groups in total. The van der Waals surface area contributed by atoms with Crippen LogP contribution in [0.5, 0.6) is 0 Å². The molecule has 186 valence electrons. The average molecular weight is 493 g/mol. The van der Waals surface area contributed by atoms with Gasteiger partial charge in [0.25, 0.3) is 17.4 Å². The fourth-order valence-electron chi connectivity index (χ4n) is 5.81. The average Bonchev–Trinajstić information content (AvgIpc) is 3.24. The summed E-state index contributed by atoms with van der Waals surface area (Å²) in [6.45, 7) is 1.66. The van der Waals surface area contributed by atoms with Crippen LogP contribution in [0.1, 0.15) is 34.0 Å². The van der Waals surface area contributed by atoms with Crippen molar-refractivity contribution in [3.8, 4) is 0 Å². The van der Waals surface area contributed by atoms with Crippen molar-refractivity contribution in [2.24, 2.45) is 13.0 Å². The second-order valence-electron chi connectivity index (χ2n) is 10.00. The van der Waals surface area contributed by atoms with E-state index >= 15 is 0 Å². The van der Waals surface area contributed by atoms with Crippen molar-refractivity contribution in [3.05, 3.63) is 112 Å². The molecule has 2 aromatic carbocycles. The number of pyridine rings is 1. The van der Waals surface area contributed by atoms with Gasteiger partial charge in [0.05, 0.1) is 0 Å². The number of aromatic nitrogens is 2. The number of hydrogen-bond acceptors (Lipinski definition) is 3. The number of carbonyl (C=O) groups excluding carboxylic acids is 2. The summed E-state index contributed by atoms with van der Waals surface area (Å²) in [7, 11) is 1.97. The minimum atomic E-state index is -0.325. The third kappa shape index (κ3) is 4.27. The van der Waals surface area contributed by atoms with Gasteiger partial charge < -0.3 is 19.4 Å². The molecule has 4 heterocycles. The fraction of sp³-hybridized carbons (Fsp3) is 0.233. The molecule has 7 heteroatoms. The number of aryl methyl sites for hydroxylation is 1. The molecule has 2 aliphatic heterocycles. The number of nitrogens with zero attached hydrogens (tertiary/aromatic N) is 3. The van der Waals surface area contributed by atoms with E-state index in [9.17, 15) is 14.4 Å².